The van der Waals surface area contributed by atoms with E-state index in [1.54, 1.807) is 11.3 Å². The number of amides is 1. The molecule has 0 fully saturated rings. The summed E-state index contributed by atoms with van der Waals surface area (Å²) in [5.41, 5.74) is -0.630. The highest BCUT2D eigenvalue weighted by atomic mass is 32.1. The van der Waals surface area contributed by atoms with Crippen LogP contribution in [-0.2, 0) is 16.0 Å². The Kier molecular flexibility index (Phi) is 5.54. The third-order valence-corrected chi connectivity index (χ3v) is 4.38. The van der Waals surface area contributed by atoms with Gasteiger partial charge in [0.05, 0.1) is 12.8 Å². The third kappa shape index (κ3) is 4.67. The molecule has 0 aromatic carbocycles. The Morgan fingerprint density at radius 3 is 2.37 bits per heavy atom. The van der Waals surface area contributed by atoms with Crippen LogP contribution in [-0.4, -0.2) is 22.5 Å². The molecule has 0 aliphatic rings. The number of thiophene rings is 1. The number of nitrogens with one attached hydrogen (secondary N) is 1. The summed E-state index contributed by atoms with van der Waals surface area (Å²) in [6, 6.07) is 3.92. The van der Waals surface area contributed by atoms with Gasteiger partial charge in [-0.1, -0.05) is 13.8 Å². The Morgan fingerprint density at radius 1 is 1.32 bits per heavy atom. The number of hydrogen-bond acceptors (Lipinski definition) is 3. The number of carboxylic acids is 1. The van der Waals surface area contributed by atoms with Crippen LogP contribution in [0.1, 0.15) is 42.9 Å². The van der Waals surface area contributed by atoms with Crippen molar-refractivity contribution < 1.29 is 14.7 Å². The second-order valence-electron chi connectivity index (χ2n) is 4.80. The molecule has 0 radical (unpaired) electrons. The van der Waals surface area contributed by atoms with Gasteiger partial charge in [0.2, 0.25) is 5.91 Å². The van der Waals surface area contributed by atoms with E-state index in [0.717, 1.165) is 4.88 Å². The van der Waals surface area contributed by atoms with Crippen molar-refractivity contribution in [2.45, 2.75) is 52.0 Å². The summed E-state index contributed by atoms with van der Waals surface area (Å²) >= 11 is 1.59. The Morgan fingerprint density at radius 2 is 1.95 bits per heavy atom. The summed E-state index contributed by atoms with van der Waals surface area (Å²) in [6.45, 7) is 5.81. The first-order valence-electron chi connectivity index (χ1n) is 6.49. The summed E-state index contributed by atoms with van der Waals surface area (Å²) in [5, 5.41) is 11.9. The number of aliphatic carboxylic acids is 1. The van der Waals surface area contributed by atoms with E-state index in [9.17, 15) is 9.59 Å². The van der Waals surface area contributed by atoms with Crippen molar-refractivity contribution in [2.75, 3.05) is 0 Å². The maximum absolute atomic E-state index is 12.0. The molecule has 0 saturated carbocycles. The van der Waals surface area contributed by atoms with Crippen molar-refractivity contribution in [3.63, 3.8) is 0 Å². The van der Waals surface area contributed by atoms with Crippen molar-refractivity contribution in [1.29, 1.82) is 0 Å². The highest BCUT2D eigenvalue weighted by Gasteiger charge is 2.30. The molecule has 19 heavy (non-hydrogen) atoms. The predicted molar refractivity (Wildman–Crippen MR) is 76.5 cm³/mol. The van der Waals surface area contributed by atoms with Gasteiger partial charge in [-0.3, -0.25) is 9.59 Å². The minimum absolute atomic E-state index is 0.0325. The molecular weight excluding hydrogens is 262 g/mol. The average molecular weight is 283 g/mol. The largest absolute Gasteiger partial charge is 0.481 e. The second-order valence-corrected chi connectivity index (χ2v) is 6.17. The van der Waals surface area contributed by atoms with E-state index >= 15 is 0 Å². The molecule has 1 rings (SSSR count). The van der Waals surface area contributed by atoms with Gasteiger partial charge in [0.25, 0.3) is 0 Å². The molecule has 1 aromatic heterocycles. The Balaban J connectivity index is 2.68. The standard InChI is InChI=1S/C14H21NO3S/c1-4-14(5-2,9-13(17)18)15-12(16)8-11-7-6-10(3)19-11/h6-7H,4-5,8-9H2,1-3H3,(H,15,16)(H,17,18). The SMILES string of the molecule is CCC(CC)(CC(=O)O)NC(=O)Cc1ccc(C)s1. The molecule has 0 atom stereocenters. The van der Waals surface area contributed by atoms with Crippen molar-refractivity contribution >= 4 is 23.2 Å². The zero-order valence-corrected chi connectivity index (χ0v) is 12.5. The van der Waals surface area contributed by atoms with E-state index in [4.69, 9.17) is 5.11 Å². The lowest BCUT2D eigenvalue weighted by atomic mass is 9.89. The maximum Gasteiger partial charge on any atom is 0.305 e. The molecule has 0 unspecified atom stereocenters. The number of carboxylic acid groups (broad SMARTS) is 1. The third-order valence-electron chi connectivity index (χ3n) is 3.38. The molecule has 0 aliphatic heterocycles. The topological polar surface area (TPSA) is 66.4 Å². The molecule has 0 spiro atoms. The van der Waals surface area contributed by atoms with E-state index in [1.807, 2.05) is 32.9 Å². The van der Waals surface area contributed by atoms with Crippen molar-refractivity contribution in [3.8, 4) is 0 Å². The fourth-order valence-corrected chi connectivity index (χ4v) is 2.98. The first-order valence-corrected chi connectivity index (χ1v) is 7.30. The average Bonchev–Trinajstić information content (AvgIpc) is 2.73. The van der Waals surface area contributed by atoms with E-state index in [2.05, 4.69) is 5.32 Å². The first-order chi connectivity index (χ1) is 8.90. The fourth-order valence-electron chi connectivity index (χ4n) is 2.09. The highest BCUT2D eigenvalue weighted by molar-refractivity contribution is 7.12. The Bertz CT molecular complexity index is 449. The van der Waals surface area contributed by atoms with Crippen LogP contribution >= 0.6 is 11.3 Å². The Labute approximate surface area is 117 Å². The van der Waals surface area contributed by atoms with E-state index in [0.29, 0.717) is 19.3 Å². The van der Waals surface area contributed by atoms with Crippen LogP contribution in [0.25, 0.3) is 0 Å². The van der Waals surface area contributed by atoms with Gasteiger partial charge < -0.3 is 10.4 Å². The van der Waals surface area contributed by atoms with Gasteiger partial charge in [0, 0.05) is 15.3 Å². The molecule has 0 saturated heterocycles. The van der Waals surface area contributed by atoms with E-state index in [-0.39, 0.29) is 12.3 Å². The molecular formula is C14H21NO3S. The Hall–Kier alpha value is -1.36. The number of carbonyl (C=O) groups is 2. The molecule has 4 nitrogen and oxygen atoms in total. The minimum atomic E-state index is -0.879. The first kappa shape index (κ1) is 15.7. The normalized spacial score (nSPS) is 11.3. The predicted octanol–water partition coefficient (Wildman–Crippen LogP) is 2.75. The number of rotatable bonds is 7. The lowest BCUT2D eigenvalue weighted by molar-refractivity contribution is -0.139. The van der Waals surface area contributed by atoms with Crippen LogP contribution in [0.4, 0.5) is 0 Å². The number of carbonyl (C=O) groups excluding carboxylic acids is 1. The van der Waals surface area contributed by atoms with Gasteiger partial charge in [-0.2, -0.15) is 0 Å². The van der Waals surface area contributed by atoms with Crippen LogP contribution in [0.2, 0.25) is 0 Å². The van der Waals surface area contributed by atoms with Crippen molar-refractivity contribution in [3.05, 3.63) is 21.9 Å². The lowest BCUT2D eigenvalue weighted by Gasteiger charge is -2.31. The van der Waals surface area contributed by atoms with Crippen molar-refractivity contribution in [1.82, 2.24) is 5.32 Å². The smallest absolute Gasteiger partial charge is 0.305 e. The number of aryl methyl sites for hydroxylation is 1. The molecule has 1 amide bonds. The van der Waals surface area contributed by atoms with E-state index < -0.39 is 11.5 Å². The summed E-state index contributed by atoms with van der Waals surface area (Å²) < 4.78 is 0. The molecule has 5 heteroatoms. The maximum atomic E-state index is 12.0. The van der Waals surface area contributed by atoms with Gasteiger partial charge in [-0.25, -0.2) is 0 Å². The quantitative estimate of drug-likeness (QED) is 0.808. The zero-order valence-electron chi connectivity index (χ0n) is 11.7. The zero-order chi connectivity index (χ0) is 14.5. The molecule has 1 heterocycles. The molecule has 1 aromatic rings. The summed E-state index contributed by atoms with van der Waals surface area (Å²) in [6.07, 6.45) is 1.52. The molecule has 2 N–H and O–H groups in total. The van der Waals surface area contributed by atoms with Gasteiger partial charge in [-0.15, -0.1) is 11.3 Å². The van der Waals surface area contributed by atoms with Crippen molar-refractivity contribution in [2.24, 2.45) is 0 Å². The highest BCUT2D eigenvalue weighted by Crippen LogP contribution is 2.21. The summed E-state index contributed by atoms with van der Waals surface area (Å²) in [7, 11) is 0. The van der Waals surface area contributed by atoms with Crippen LogP contribution in [0.3, 0.4) is 0 Å². The summed E-state index contributed by atoms with van der Waals surface area (Å²) in [5.74, 6) is -0.984. The van der Waals surface area contributed by atoms with Gasteiger partial charge >= 0.3 is 5.97 Å². The van der Waals surface area contributed by atoms with Crippen LogP contribution in [0.15, 0.2) is 12.1 Å². The second kappa shape index (κ2) is 6.70. The van der Waals surface area contributed by atoms with Gasteiger partial charge in [0.1, 0.15) is 0 Å². The fraction of sp³-hybridized carbons (Fsp3) is 0.571. The van der Waals surface area contributed by atoms with Gasteiger partial charge in [0.15, 0.2) is 0 Å². The van der Waals surface area contributed by atoms with Crippen LogP contribution in [0.5, 0.6) is 0 Å². The molecule has 0 aliphatic carbocycles. The van der Waals surface area contributed by atoms with E-state index in [1.165, 1.54) is 4.88 Å². The minimum Gasteiger partial charge on any atom is -0.481 e. The summed E-state index contributed by atoms with van der Waals surface area (Å²) in [4.78, 5) is 25.1. The van der Waals surface area contributed by atoms with Gasteiger partial charge in [-0.05, 0) is 31.9 Å². The lowest BCUT2D eigenvalue weighted by Crippen LogP contribution is -2.49. The van der Waals surface area contributed by atoms with Crippen LogP contribution < -0.4 is 5.32 Å². The number of hydrogen-bond donors (Lipinski definition) is 2. The monoisotopic (exact) mass is 283 g/mol. The molecule has 0 bridgehead atoms. The van der Waals surface area contributed by atoms with Crippen LogP contribution in [0, 0.1) is 6.92 Å². The molecule has 106 valence electrons.